The molecule has 0 radical (unpaired) electrons. The first-order valence-corrected chi connectivity index (χ1v) is 5.69. The summed E-state index contributed by atoms with van der Waals surface area (Å²) in [7, 11) is 0. The molecule has 6 nitrogen and oxygen atoms in total. The zero-order chi connectivity index (χ0) is 13.9. The number of nitrogens with zero attached hydrogens (tertiary/aromatic N) is 3. The fraction of sp³-hybridized carbons (Fsp3) is 0.0833. The maximum absolute atomic E-state index is 12.3. The molecule has 3 aromatic rings. The van der Waals surface area contributed by atoms with Crippen LogP contribution in [-0.4, -0.2) is 26.5 Å². The van der Waals surface area contributed by atoms with E-state index in [1.54, 1.807) is 18.2 Å². The highest BCUT2D eigenvalue weighted by Crippen LogP contribution is 2.29. The highest BCUT2D eigenvalue weighted by Gasteiger charge is 2.12. The van der Waals surface area contributed by atoms with E-state index in [9.17, 15) is 8.78 Å². The van der Waals surface area contributed by atoms with Gasteiger partial charge in [0, 0.05) is 0 Å². The van der Waals surface area contributed by atoms with E-state index < -0.39 is 6.61 Å². The summed E-state index contributed by atoms with van der Waals surface area (Å²) in [5, 5.41) is 2.92. The number of aromatic amines is 1. The van der Waals surface area contributed by atoms with E-state index in [1.807, 2.05) is 0 Å². The number of para-hydroxylation sites is 2. The lowest BCUT2D eigenvalue weighted by Crippen LogP contribution is -2.05. The van der Waals surface area contributed by atoms with Gasteiger partial charge >= 0.3 is 6.61 Å². The zero-order valence-electron chi connectivity index (χ0n) is 10.0. The molecule has 2 N–H and O–H groups in total. The van der Waals surface area contributed by atoms with Gasteiger partial charge in [-0.3, -0.25) is 0 Å². The summed E-state index contributed by atoms with van der Waals surface area (Å²) in [6.45, 7) is -2.89. The van der Waals surface area contributed by atoms with Crippen LogP contribution in [0.1, 0.15) is 0 Å². The predicted molar refractivity (Wildman–Crippen MR) is 68.0 cm³/mol. The van der Waals surface area contributed by atoms with Gasteiger partial charge < -0.3 is 15.0 Å². The summed E-state index contributed by atoms with van der Waals surface area (Å²) < 4.78 is 29.1. The second-order valence-corrected chi connectivity index (χ2v) is 3.82. The standard InChI is InChI=1S/C12H9F2N5O/c13-12(14)20-8-4-2-1-3-7(8)19-11-9-10(16-5-15-9)17-6-18-11/h1-6,12H,(H2,15,16,17,18,19). The molecule has 0 atom stereocenters. The number of anilines is 2. The van der Waals surface area contributed by atoms with Crippen LogP contribution in [0.15, 0.2) is 36.9 Å². The van der Waals surface area contributed by atoms with Gasteiger partial charge in [0.15, 0.2) is 17.0 Å². The van der Waals surface area contributed by atoms with Crippen LogP contribution in [-0.2, 0) is 0 Å². The summed E-state index contributed by atoms with van der Waals surface area (Å²) in [5.41, 5.74) is 1.44. The Morgan fingerprint density at radius 2 is 2.00 bits per heavy atom. The van der Waals surface area contributed by atoms with Crippen LogP contribution < -0.4 is 10.1 Å². The van der Waals surface area contributed by atoms with Gasteiger partial charge in [-0.15, -0.1) is 0 Å². The molecule has 20 heavy (non-hydrogen) atoms. The summed E-state index contributed by atoms with van der Waals surface area (Å²) in [6.07, 6.45) is 2.82. The van der Waals surface area contributed by atoms with Crippen LogP contribution in [0.2, 0.25) is 0 Å². The molecule has 2 heterocycles. The molecule has 0 saturated carbocycles. The number of benzene rings is 1. The summed E-state index contributed by atoms with van der Waals surface area (Å²) in [5.74, 6) is 0.436. The van der Waals surface area contributed by atoms with Gasteiger partial charge in [0.1, 0.15) is 12.1 Å². The lowest BCUT2D eigenvalue weighted by atomic mass is 10.3. The lowest BCUT2D eigenvalue weighted by molar-refractivity contribution is -0.0493. The summed E-state index contributed by atoms with van der Waals surface area (Å²) >= 11 is 0. The van der Waals surface area contributed by atoms with Gasteiger partial charge in [0.2, 0.25) is 0 Å². The van der Waals surface area contributed by atoms with Crippen molar-refractivity contribution in [3.8, 4) is 5.75 Å². The SMILES string of the molecule is FC(F)Oc1ccccc1Nc1ncnc2[nH]cnc12. The molecule has 0 aliphatic carbocycles. The zero-order valence-corrected chi connectivity index (χ0v) is 10.0. The number of nitrogens with one attached hydrogen (secondary N) is 2. The van der Waals surface area contributed by atoms with Crippen molar-refractivity contribution in [2.75, 3.05) is 5.32 Å². The van der Waals surface area contributed by atoms with Gasteiger partial charge in [0.05, 0.1) is 12.0 Å². The number of imidazole rings is 1. The molecule has 0 aliphatic heterocycles. The Morgan fingerprint density at radius 3 is 2.85 bits per heavy atom. The number of hydrogen-bond acceptors (Lipinski definition) is 5. The Labute approximate surface area is 111 Å². The molecule has 0 saturated heterocycles. The molecule has 0 aliphatic rings. The molecule has 2 aromatic heterocycles. The van der Waals surface area contributed by atoms with Crippen LogP contribution in [0.4, 0.5) is 20.3 Å². The van der Waals surface area contributed by atoms with Gasteiger partial charge in [-0.25, -0.2) is 15.0 Å². The molecule has 0 bridgehead atoms. The fourth-order valence-corrected chi connectivity index (χ4v) is 1.75. The van der Waals surface area contributed by atoms with Crippen LogP contribution >= 0.6 is 0 Å². The highest BCUT2D eigenvalue weighted by molar-refractivity contribution is 5.85. The van der Waals surface area contributed by atoms with Crippen molar-refractivity contribution in [3.63, 3.8) is 0 Å². The van der Waals surface area contributed by atoms with Crippen molar-refractivity contribution in [2.24, 2.45) is 0 Å². The Kier molecular flexibility index (Phi) is 3.12. The van der Waals surface area contributed by atoms with Gasteiger partial charge in [-0.2, -0.15) is 8.78 Å². The van der Waals surface area contributed by atoms with Crippen molar-refractivity contribution in [3.05, 3.63) is 36.9 Å². The van der Waals surface area contributed by atoms with Crippen molar-refractivity contribution in [1.29, 1.82) is 0 Å². The largest absolute Gasteiger partial charge is 0.433 e. The summed E-state index contributed by atoms with van der Waals surface area (Å²) in [6, 6.07) is 6.35. The highest BCUT2D eigenvalue weighted by atomic mass is 19.3. The Bertz CT molecular complexity index is 730. The molecule has 102 valence electrons. The minimum absolute atomic E-state index is 0.0322. The van der Waals surface area contributed by atoms with Gasteiger partial charge in [-0.05, 0) is 12.1 Å². The van der Waals surface area contributed by atoms with E-state index in [1.165, 1.54) is 18.7 Å². The Hall–Kier alpha value is -2.77. The molecule has 0 amide bonds. The number of hydrogen-bond donors (Lipinski definition) is 2. The number of alkyl halides is 2. The number of halogens is 2. The average molecular weight is 277 g/mol. The quantitative estimate of drug-likeness (QED) is 0.766. The van der Waals surface area contributed by atoms with Gasteiger partial charge in [-0.1, -0.05) is 12.1 Å². The molecule has 0 spiro atoms. The van der Waals surface area contributed by atoms with Crippen LogP contribution in [0.25, 0.3) is 11.2 Å². The topological polar surface area (TPSA) is 75.7 Å². The third-order valence-corrected chi connectivity index (χ3v) is 2.57. The average Bonchev–Trinajstić information content (AvgIpc) is 2.90. The van der Waals surface area contributed by atoms with Crippen molar-refractivity contribution in [2.45, 2.75) is 6.61 Å². The van der Waals surface area contributed by atoms with Crippen molar-refractivity contribution in [1.82, 2.24) is 19.9 Å². The molecule has 0 fully saturated rings. The molecular weight excluding hydrogens is 268 g/mol. The second-order valence-electron chi connectivity index (χ2n) is 3.82. The Morgan fingerprint density at radius 1 is 1.15 bits per heavy atom. The second kappa shape index (κ2) is 5.08. The number of aromatic nitrogens is 4. The molecular formula is C12H9F2N5O. The fourth-order valence-electron chi connectivity index (χ4n) is 1.75. The molecule has 8 heteroatoms. The molecule has 1 aromatic carbocycles. The van der Waals surface area contributed by atoms with E-state index in [-0.39, 0.29) is 5.75 Å². The van der Waals surface area contributed by atoms with Crippen molar-refractivity contribution < 1.29 is 13.5 Å². The van der Waals surface area contributed by atoms with E-state index in [4.69, 9.17) is 0 Å². The van der Waals surface area contributed by atoms with E-state index in [2.05, 4.69) is 30.0 Å². The smallest absolute Gasteiger partial charge is 0.387 e. The first-order valence-electron chi connectivity index (χ1n) is 5.69. The first-order chi connectivity index (χ1) is 9.74. The third kappa shape index (κ3) is 2.35. The number of ether oxygens (including phenoxy) is 1. The van der Waals surface area contributed by atoms with Crippen molar-refractivity contribution >= 4 is 22.7 Å². The van der Waals surface area contributed by atoms with E-state index in [0.29, 0.717) is 22.7 Å². The normalized spacial score (nSPS) is 10.9. The Balaban J connectivity index is 1.97. The minimum atomic E-state index is -2.89. The van der Waals surface area contributed by atoms with Crippen LogP contribution in [0, 0.1) is 0 Å². The summed E-state index contributed by atoms with van der Waals surface area (Å²) in [4.78, 5) is 15.0. The van der Waals surface area contributed by atoms with E-state index >= 15 is 0 Å². The van der Waals surface area contributed by atoms with Gasteiger partial charge in [0.25, 0.3) is 0 Å². The van der Waals surface area contributed by atoms with E-state index in [0.717, 1.165) is 0 Å². The third-order valence-electron chi connectivity index (χ3n) is 2.57. The lowest BCUT2D eigenvalue weighted by Gasteiger charge is -2.11. The monoisotopic (exact) mass is 277 g/mol. The maximum Gasteiger partial charge on any atom is 0.387 e. The van der Waals surface area contributed by atoms with Crippen LogP contribution in [0.5, 0.6) is 5.75 Å². The minimum Gasteiger partial charge on any atom is -0.433 e. The number of fused-ring (bicyclic) bond motifs is 1. The molecule has 0 unspecified atom stereocenters. The molecule has 3 rings (SSSR count). The maximum atomic E-state index is 12.3. The van der Waals surface area contributed by atoms with Crippen LogP contribution in [0.3, 0.4) is 0 Å². The first kappa shape index (κ1) is 12.3. The number of H-pyrrole nitrogens is 1. The predicted octanol–water partition coefficient (Wildman–Crippen LogP) is 2.70. The number of rotatable bonds is 4.